The monoisotopic (exact) mass is 259 g/mol. The lowest BCUT2D eigenvalue weighted by Crippen LogP contribution is -2.19. The number of nitrogens with one attached hydrogen (secondary N) is 1. The topological polar surface area (TPSA) is 28.2 Å². The van der Waals surface area contributed by atoms with E-state index in [1.54, 1.807) is 18.3 Å². The van der Waals surface area contributed by atoms with Gasteiger partial charge in [-0.05, 0) is 30.8 Å². The van der Waals surface area contributed by atoms with Crippen LogP contribution in [-0.4, -0.2) is 19.1 Å². The van der Waals surface area contributed by atoms with E-state index >= 15 is 0 Å². The minimum Gasteiger partial charge on any atom is -0.370 e. The van der Waals surface area contributed by atoms with Crippen LogP contribution >= 0.6 is 0 Å². The second-order valence-electron chi connectivity index (χ2n) is 4.52. The molecule has 1 N–H and O–H groups in total. The highest BCUT2D eigenvalue weighted by atomic mass is 19.1. The van der Waals surface area contributed by atoms with Crippen molar-refractivity contribution < 1.29 is 4.39 Å². The third-order valence-electron chi connectivity index (χ3n) is 2.97. The number of halogens is 1. The molecule has 0 aliphatic carbocycles. The van der Waals surface area contributed by atoms with Gasteiger partial charge in [-0.25, -0.2) is 4.39 Å². The molecule has 0 radical (unpaired) electrons. The lowest BCUT2D eigenvalue weighted by atomic mass is 10.1. The standard InChI is InChI=1S/C15H18FN3/c1-17-9-13-10-18-7-6-15(13)19(2)11-12-4-3-5-14(16)8-12/h3-8,10,17H,9,11H2,1-2H3. The van der Waals surface area contributed by atoms with E-state index in [0.717, 1.165) is 23.4 Å². The molecule has 0 saturated carbocycles. The number of nitrogens with zero attached hydrogens (tertiary/aromatic N) is 2. The average molecular weight is 259 g/mol. The van der Waals surface area contributed by atoms with E-state index in [4.69, 9.17) is 0 Å². The Kier molecular flexibility index (Phi) is 4.47. The van der Waals surface area contributed by atoms with Crippen LogP contribution in [-0.2, 0) is 13.1 Å². The van der Waals surface area contributed by atoms with Gasteiger partial charge in [-0.15, -0.1) is 0 Å². The Labute approximate surface area is 113 Å². The summed E-state index contributed by atoms with van der Waals surface area (Å²) in [7, 11) is 3.91. The van der Waals surface area contributed by atoms with E-state index in [-0.39, 0.29) is 5.82 Å². The molecule has 0 atom stereocenters. The zero-order valence-electron chi connectivity index (χ0n) is 11.2. The number of rotatable bonds is 5. The molecule has 0 bridgehead atoms. The SMILES string of the molecule is CNCc1cnccc1N(C)Cc1cccc(F)c1. The van der Waals surface area contributed by atoms with Crippen LogP contribution in [0.1, 0.15) is 11.1 Å². The van der Waals surface area contributed by atoms with Gasteiger partial charge in [-0.1, -0.05) is 12.1 Å². The number of aromatic nitrogens is 1. The van der Waals surface area contributed by atoms with Crippen LogP contribution < -0.4 is 10.2 Å². The molecular formula is C15H18FN3. The molecule has 4 heteroatoms. The first-order valence-electron chi connectivity index (χ1n) is 6.24. The zero-order chi connectivity index (χ0) is 13.7. The van der Waals surface area contributed by atoms with E-state index in [1.807, 2.05) is 32.4 Å². The third kappa shape index (κ3) is 3.51. The fraction of sp³-hybridized carbons (Fsp3) is 0.267. The van der Waals surface area contributed by atoms with Gasteiger partial charge in [0.15, 0.2) is 0 Å². The largest absolute Gasteiger partial charge is 0.370 e. The molecule has 2 aromatic rings. The molecule has 3 nitrogen and oxygen atoms in total. The van der Waals surface area contributed by atoms with Crippen molar-refractivity contribution in [2.24, 2.45) is 0 Å². The number of pyridine rings is 1. The Balaban J connectivity index is 2.17. The second kappa shape index (κ2) is 6.29. The summed E-state index contributed by atoms with van der Waals surface area (Å²) in [6.07, 6.45) is 3.63. The van der Waals surface area contributed by atoms with Crippen LogP contribution in [0, 0.1) is 5.82 Å². The molecule has 1 aromatic heterocycles. The number of benzene rings is 1. The van der Waals surface area contributed by atoms with Crippen molar-refractivity contribution in [3.05, 3.63) is 59.7 Å². The Morgan fingerprint density at radius 3 is 2.89 bits per heavy atom. The second-order valence-corrected chi connectivity index (χ2v) is 4.52. The van der Waals surface area contributed by atoms with Gasteiger partial charge in [0.1, 0.15) is 5.82 Å². The van der Waals surface area contributed by atoms with Crippen LogP contribution in [0.15, 0.2) is 42.7 Å². The van der Waals surface area contributed by atoms with Gasteiger partial charge in [0.2, 0.25) is 0 Å². The third-order valence-corrected chi connectivity index (χ3v) is 2.97. The van der Waals surface area contributed by atoms with Crippen LogP contribution in [0.3, 0.4) is 0 Å². The van der Waals surface area contributed by atoms with E-state index in [9.17, 15) is 4.39 Å². The molecule has 0 amide bonds. The molecule has 1 aromatic carbocycles. The summed E-state index contributed by atoms with van der Waals surface area (Å²) in [5, 5.41) is 3.13. The van der Waals surface area contributed by atoms with Crippen molar-refractivity contribution >= 4 is 5.69 Å². The van der Waals surface area contributed by atoms with Crippen molar-refractivity contribution in [1.29, 1.82) is 0 Å². The molecule has 100 valence electrons. The lowest BCUT2D eigenvalue weighted by molar-refractivity contribution is 0.625. The number of hydrogen-bond donors (Lipinski definition) is 1. The van der Waals surface area contributed by atoms with Gasteiger partial charge in [-0.3, -0.25) is 4.98 Å². The van der Waals surface area contributed by atoms with Crippen LogP contribution in [0.5, 0.6) is 0 Å². The Morgan fingerprint density at radius 2 is 2.16 bits per heavy atom. The highest BCUT2D eigenvalue weighted by molar-refractivity contribution is 5.52. The van der Waals surface area contributed by atoms with Gasteiger partial charge in [0, 0.05) is 43.8 Å². The first kappa shape index (κ1) is 13.5. The zero-order valence-corrected chi connectivity index (χ0v) is 11.2. The normalized spacial score (nSPS) is 10.5. The van der Waals surface area contributed by atoms with Gasteiger partial charge in [0.05, 0.1) is 0 Å². The summed E-state index contributed by atoms with van der Waals surface area (Å²) in [5.74, 6) is -0.198. The molecular weight excluding hydrogens is 241 g/mol. The summed E-state index contributed by atoms with van der Waals surface area (Å²) in [5.41, 5.74) is 3.19. The maximum Gasteiger partial charge on any atom is 0.123 e. The maximum atomic E-state index is 13.2. The van der Waals surface area contributed by atoms with Gasteiger partial charge in [-0.2, -0.15) is 0 Å². The Morgan fingerprint density at radius 1 is 1.32 bits per heavy atom. The van der Waals surface area contributed by atoms with Gasteiger partial charge < -0.3 is 10.2 Å². The molecule has 0 aliphatic rings. The molecule has 0 unspecified atom stereocenters. The van der Waals surface area contributed by atoms with E-state index in [0.29, 0.717) is 6.54 Å². The van der Waals surface area contributed by atoms with Crippen molar-refractivity contribution in [2.75, 3.05) is 19.0 Å². The predicted octanol–water partition coefficient (Wildman–Crippen LogP) is 2.58. The summed E-state index contributed by atoms with van der Waals surface area (Å²) in [6.45, 7) is 1.43. The number of hydrogen-bond acceptors (Lipinski definition) is 3. The fourth-order valence-electron chi connectivity index (χ4n) is 2.11. The van der Waals surface area contributed by atoms with Crippen molar-refractivity contribution in [3.8, 4) is 0 Å². The molecule has 0 saturated heterocycles. The molecule has 19 heavy (non-hydrogen) atoms. The summed E-state index contributed by atoms with van der Waals surface area (Å²) < 4.78 is 13.2. The van der Waals surface area contributed by atoms with Crippen LogP contribution in [0.25, 0.3) is 0 Å². The summed E-state index contributed by atoms with van der Waals surface area (Å²) >= 11 is 0. The summed E-state index contributed by atoms with van der Waals surface area (Å²) in [4.78, 5) is 6.24. The predicted molar refractivity (Wildman–Crippen MR) is 75.5 cm³/mol. The van der Waals surface area contributed by atoms with Crippen LogP contribution in [0.4, 0.5) is 10.1 Å². The molecule has 1 heterocycles. The summed E-state index contributed by atoms with van der Waals surface area (Å²) in [6, 6.07) is 8.67. The molecule has 0 aliphatic heterocycles. The smallest absolute Gasteiger partial charge is 0.123 e. The highest BCUT2D eigenvalue weighted by Crippen LogP contribution is 2.20. The minimum absolute atomic E-state index is 0.198. The molecule has 0 spiro atoms. The van der Waals surface area contributed by atoms with E-state index in [1.165, 1.54) is 6.07 Å². The van der Waals surface area contributed by atoms with Gasteiger partial charge >= 0.3 is 0 Å². The molecule has 0 fully saturated rings. The van der Waals surface area contributed by atoms with Crippen LogP contribution in [0.2, 0.25) is 0 Å². The first-order chi connectivity index (χ1) is 9.20. The van der Waals surface area contributed by atoms with Crippen molar-refractivity contribution in [2.45, 2.75) is 13.1 Å². The Bertz CT molecular complexity index is 542. The minimum atomic E-state index is -0.198. The van der Waals surface area contributed by atoms with Crippen molar-refractivity contribution in [3.63, 3.8) is 0 Å². The molecule has 2 rings (SSSR count). The van der Waals surface area contributed by atoms with E-state index < -0.39 is 0 Å². The number of anilines is 1. The quantitative estimate of drug-likeness (QED) is 0.894. The average Bonchev–Trinajstić information content (AvgIpc) is 2.39. The van der Waals surface area contributed by atoms with Crippen molar-refractivity contribution in [1.82, 2.24) is 10.3 Å². The Hall–Kier alpha value is -1.94. The first-order valence-corrected chi connectivity index (χ1v) is 6.24. The highest BCUT2D eigenvalue weighted by Gasteiger charge is 2.07. The maximum absolute atomic E-state index is 13.2. The van der Waals surface area contributed by atoms with Gasteiger partial charge in [0.25, 0.3) is 0 Å². The lowest BCUT2D eigenvalue weighted by Gasteiger charge is -2.22. The fourth-order valence-corrected chi connectivity index (χ4v) is 2.11. The van der Waals surface area contributed by atoms with E-state index in [2.05, 4.69) is 15.2 Å².